The first-order valence-electron chi connectivity index (χ1n) is 4.57. The molecule has 3 N–H and O–H groups in total. The maximum Gasteiger partial charge on any atom is 0.233 e. The van der Waals surface area contributed by atoms with Gasteiger partial charge in [-0.05, 0) is 36.6 Å². The molecular formula is C10H12BrFN2O. The Hall–Kier alpha value is -0.940. The first kappa shape index (κ1) is 12.1. The highest BCUT2D eigenvalue weighted by molar-refractivity contribution is 9.10. The molecule has 1 aromatic rings. The Morgan fingerprint density at radius 3 is 2.93 bits per heavy atom. The number of carbonyl (C=O) groups excluding carboxylic acids is 1. The average molecular weight is 275 g/mol. The molecule has 0 aliphatic carbocycles. The van der Waals surface area contributed by atoms with Gasteiger partial charge in [0, 0.05) is 10.9 Å². The summed E-state index contributed by atoms with van der Waals surface area (Å²) in [5, 5.41) is 0. The average Bonchev–Trinajstić information content (AvgIpc) is 2.23. The Morgan fingerprint density at radius 1 is 1.53 bits per heavy atom. The summed E-state index contributed by atoms with van der Waals surface area (Å²) in [7, 11) is 0. The van der Waals surface area contributed by atoms with Crippen LogP contribution in [0.1, 0.15) is 18.4 Å². The zero-order valence-electron chi connectivity index (χ0n) is 8.09. The minimum atomic E-state index is -0.244. The van der Waals surface area contributed by atoms with Crippen LogP contribution in [0.3, 0.4) is 0 Å². The highest BCUT2D eigenvalue weighted by atomic mass is 79.9. The van der Waals surface area contributed by atoms with E-state index in [1.807, 2.05) is 5.43 Å². The number of aryl methyl sites for hydroxylation is 1. The second kappa shape index (κ2) is 5.82. The SMILES string of the molecule is NNC(=O)CCCc1cc(Br)ccc1F. The van der Waals surface area contributed by atoms with Gasteiger partial charge in [0.1, 0.15) is 5.82 Å². The van der Waals surface area contributed by atoms with Crippen LogP contribution in [0.4, 0.5) is 4.39 Å². The molecule has 82 valence electrons. The fraction of sp³-hybridized carbons (Fsp3) is 0.300. The smallest absolute Gasteiger partial charge is 0.233 e. The van der Waals surface area contributed by atoms with E-state index in [-0.39, 0.29) is 11.7 Å². The molecule has 1 rings (SSSR count). The molecule has 0 saturated heterocycles. The molecule has 0 aliphatic heterocycles. The number of nitrogens with two attached hydrogens (primary N) is 1. The number of amides is 1. The topological polar surface area (TPSA) is 55.1 Å². The van der Waals surface area contributed by atoms with Crippen molar-refractivity contribution in [2.75, 3.05) is 0 Å². The lowest BCUT2D eigenvalue weighted by Gasteiger charge is -2.03. The van der Waals surface area contributed by atoms with Gasteiger partial charge in [0.2, 0.25) is 5.91 Å². The number of carbonyl (C=O) groups is 1. The second-order valence-corrected chi connectivity index (χ2v) is 4.07. The Balaban J connectivity index is 2.50. The van der Waals surface area contributed by atoms with Crippen LogP contribution < -0.4 is 11.3 Å². The molecule has 0 aromatic heterocycles. The predicted octanol–water partition coefficient (Wildman–Crippen LogP) is 1.90. The van der Waals surface area contributed by atoms with Crippen molar-refractivity contribution in [2.45, 2.75) is 19.3 Å². The van der Waals surface area contributed by atoms with Crippen molar-refractivity contribution in [3.8, 4) is 0 Å². The molecule has 0 saturated carbocycles. The molecule has 0 fully saturated rings. The summed E-state index contributed by atoms with van der Waals surface area (Å²) >= 11 is 3.26. The maximum absolute atomic E-state index is 13.2. The van der Waals surface area contributed by atoms with E-state index in [4.69, 9.17) is 5.84 Å². The lowest BCUT2D eigenvalue weighted by atomic mass is 10.1. The third-order valence-corrected chi connectivity index (χ3v) is 2.51. The van der Waals surface area contributed by atoms with Crippen molar-refractivity contribution in [3.63, 3.8) is 0 Å². The molecule has 15 heavy (non-hydrogen) atoms. The lowest BCUT2D eigenvalue weighted by molar-refractivity contribution is -0.121. The fourth-order valence-electron chi connectivity index (χ4n) is 1.25. The molecule has 5 heteroatoms. The van der Waals surface area contributed by atoms with Crippen molar-refractivity contribution >= 4 is 21.8 Å². The maximum atomic E-state index is 13.2. The molecule has 3 nitrogen and oxygen atoms in total. The number of hydrazine groups is 1. The van der Waals surface area contributed by atoms with Gasteiger partial charge in [-0.3, -0.25) is 10.2 Å². The normalized spacial score (nSPS) is 10.1. The van der Waals surface area contributed by atoms with Crippen LogP contribution in [-0.4, -0.2) is 5.91 Å². The fourth-order valence-corrected chi connectivity index (χ4v) is 1.65. The number of nitrogens with one attached hydrogen (secondary N) is 1. The third kappa shape index (κ3) is 3.97. The summed E-state index contributed by atoms with van der Waals surface area (Å²) in [6.45, 7) is 0. The minimum absolute atomic E-state index is 0.231. The van der Waals surface area contributed by atoms with Gasteiger partial charge in [-0.25, -0.2) is 10.2 Å². The van der Waals surface area contributed by atoms with E-state index in [9.17, 15) is 9.18 Å². The standard InChI is InChI=1S/C10H12BrFN2O/c11-8-4-5-9(12)7(6-8)2-1-3-10(15)14-13/h4-6H,1-3,13H2,(H,14,15). The number of halogens is 2. The Labute approximate surface area is 95.9 Å². The van der Waals surface area contributed by atoms with Crippen LogP contribution >= 0.6 is 15.9 Å². The lowest BCUT2D eigenvalue weighted by Crippen LogP contribution is -2.29. The van der Waals surface area contributed by atoms with Crippen LogP contribution in [0, 0.1) is 5.82 Å². The van der Waals surface area contributed by atoms with Crippen molar-refractivity contribution < 1.29 is 9.18 Å². The van der Waals surface area contributed by atoms with Crippen LogP contribution in [-0.2, 0) is 11.2 Å². The molecule has 0 radical (unpaired) electrons. The largest absolute Gasteiger partial charge is 0.294 e. The summed E-state index contributed by atoms with van der Waals surface area (Å²) < 4.78 is 14.1. The molecule has 0 bridgehead atoms. The van der Waals surface area contributed by atoms with E-state index in [1.54, 1.807) is 12.1 Å². The monoisotopic (exact) mass is 274 g/mol. The molecule has 0 atom stereocenters. The molecule has 1 amide bonds. The van der Waals surface area contributed by atoms with Crippen molar-refractivity contribution in [1.29, 1.82) is 0 Å². The molecule has 0 spiro atoms. The molecule has 0 unspecified atom stereocenters. The second-order valence-electron chi connectivity index (χ2n) is 3.16. The van der Waals surface area contributed by atoms with Crippen LogP contribution in [0.25, 0.3) is 0 Å². The van der Waals surface area contributed by atoms with Crippen LogP contribution in [0.5, 0.6) is 0 Å². The highest BCUT2D eigenvalue weighted by Gasteiger charge is 2.04. The minimum Gasteiger partial charge on any atom is -0.294 e. The van der Waals surface area contributed by atoms with Gasteiger partial charge in [0.05, 0.1) is 0 Å². The van der Waals surface area contributed by atoms with E-state index in [0.717, 1.165) is 4.47 Å². The van der Waals surface area contributed by atoms with Gasteiger partial charge < -0.3 is 0 Å². The zero-order chi connectivity index (χ0) is 11.3. The Bertz CT molecular complexity index is 357. The van der Waals surface area contributed by atoms with E-state index in [1.165, 1.54) is 6.07 Å². The predicted molar refractivity (Wildman–Crippen MR) is 59.4 cm³/mol. The van der Waals surface area contributed by atoms with Gasteiger partial charge in [-0.2, -0.15) is 0 Å². The van der Waals surface area contributed by atoms with E-state index < -0.39 is 0 Å². The Kier molecular flexibility index (Phi) is 4.71. The van der Waals surface area contributed by atoms with Gasteiger partial charge >= 0.3 is 0 Å². The van der Waals surface area contributed by atoms with Crippen molar-refractivity contribution in [3.05, 3.63) is 34.1 Å². The van der Waals surface area contributed by atoms with Crippen LogP contribution in [0.2, 0.25) is 0 Å². The molecule has 0 heterocycles. The van der Waals surface area contributed by atoms with Crippen molar-refractivity contribution in [1.82, 2.24) is 5.43 Å². The first-order valence-corrected chi connectivity index (χ1v) is 5.36. The van der Waals surface area contributed by atoms with E-state index in [0.29, 0.717) is 24.8 Å². The van der Waals surface area contributed by atoms with Crippen LogP contribution in [0.15, 0.2) is 22.7 Å². The summed E-state index contributed by atoms with van der Waals surface area (Å²) in [6, 6.07) is 4.77. The number of hydrogen-bond donors (Lipinski definition) is 2. The number of hydrogen-bond acceptors (Lipinski definition) is 2. The molecule has 1 aromatic carbocycles. The van der Waals surface area contributed by atoms with Gasteiger partial charge in [-0.15, -0.1) is 0 Å². The van der Waals surface area contributed by atoms with Crippen molar-refractivity contribution in [2.24, 2.45) is 5.84 Å². The van der Waals surface area contributed by atoms with Gasteiger partial charge in [0.25, 0.3) is 0 Å². The summed E-state index contributed by atoms with van der Waals surface area (Å²) in [5.41, 5.74) is 2.64. The van der Waals surface area contributed by atoms with E-state index >= 15 is 0 Å². The third-order valence-electron chi connectivity index (χ3n) is 2.02. The van der Waals surface area contributed by atoms with E-state index in [2.05, 4.69) is 15.9 Å². The summed E-state index contributed by atoms with van der Waals surface area (Å²) in [6.07, 6.45) is 1.41. The number of rotatable bonds is 4. The summed E-state index contributed by atoms with van der Waals surface area (Å²) in [5.74, 6) is 4.45. The highest BCUT2D eigenvalue weighted by Crippen LogP contribution is 2.17. The quantitative estimate of drug-likeness (QED) is 0.501. The Morgan fingerprint density at radius 2 is 2.27 bits per heavy atom. The number of benzene rings is 1. The first-order chi connectivity index (χ1) is 7.13. The van der Waals surface area contributed by atoms with Gasteiger partial charge in [0.15, 0.2) is 0 Å². The van der Waals surface area contributed by atoms with Gasteiger partial charge in [-0.1, -0.05) is 15.9 Å². The zero-order valence-corrected chi connectivity index (χ0v) is 9.68. The summed E-state index contributed by atoms with van der Waals surface area (Å²) in [4.78, 5) is 10.8. The molecule has 0 aliphatic rings. The molecular weight excluding hydrogens is 263 g/mol.